The van der Waals surface area contributed by atoms with E-state index in [1.165, 1.54) is 0 Å². The molecule has 1 rings (SSSR count). The molecule has 0 aliphatic heterocycles. The van der Waals surface area contributed by atoms with Crippen LogP contribution in [0.2, 0.25) is 0 Å². The highest BCUT2D eigenvalue weighted by Crippen LogP contribution is 2.30. The number of aliphatic hydroxyl groups is 1. The first-order valence-electron chi connectivity index (χ1n) is 4.03. The Morgan fingerprint density at radius 1 is 1.25 bits per heavy atom. The molecule has 0 aliphatic rings. The number of benzene rings is 1. The second-order valence-electron chi connectivity index (χ2n) is 2.91. The van der Waals surface area contributed by atoms with Crippen molar-refractivity contribution in [3.8, 4) is 0 Å². The van der Waals surface area contributed by atoms with E-state index in [9.17, 15) is 22.4 Å². The Kier molecular flexibility index (Phi) is 3.48. The molecule has 0 radical (unpaired) electrons. The van der Waals surface area contributed by atoms with Crippen LogP contribution in [-0.4, -0.2) is 16.2 Å². The Bertz CT molecular complexity index is 419. The highest BCUT2D eigenvalue weighted by molar-refractivity contribution is 5.74. The first-order chi connectivity index (χ1) is 7.36. The van der Waals surface area contributed by atoms with Crippen molar-refractivity contribution in [2.75, 3.05) is 0 Å². The van der Waals surface area contributed by atoms with Crippen molar-refractivity contribution in [1.82, 2.24) is 0 Å². The van der Waals surface area contributed by atoms with Gasteiger partial charge >= 0.3 is 5.97 Å². The van der Waals surface area contributed by atoms with Gasteiger partial charge in [-0.05, 0) is 12.1 Å². The number of aliphatic hydroxyl groups excluding tert-OH is 1. The van der Waals surface area contributed by atoms with Crippen LogP contribution in [0.3, 0.4) is 0 Å². The molecule has 0 amide bonds. The van der Waals surface area contributed by atoms with Gasteiger partial charge in [0, 0.05) is 11.1 Å². The van der Waals surface area contributed by atoms with E-state index in [1.54, 1.807) is 0 Å². The van der Waals surface area contributed by atoms with Crippen molar-refractivity contribution in [3.63, 3.8) is 0 Å². The molecule has 1 aromatic rings. The molecule has 0 saturated carbocycles. The maximum Gasteiger partial charge on any atom is 0.337 e. The molecule has 0 saturated heterocycles. The number of rotatable bonds is 3. The number of halogens is 4. The molecule has 16 heavy (non-hydrogen) atoms. The van der Waals surface area contributed by atoms with Crippen LogP contribution in [0.25, 0.3) is 0 Å². The monoisotopic (exact) mass is 238 g/mol. The Morgan fingerprint density at radius 3 is 2.25 bits per heavy atom. The number of hydrogen-bond acceptors (Lipinski definition) is 2. The van der Waals surface area contributed by atoms with Gasteiger partial charge in [0.05, 0.1) is 0 Å². The van der Waals surface area contributed by atoms with E-state index in [2.05, 4.69) is 0 Å². The fraction of sp³-hybridized carbons (Fsp3) is 0.222. The Labute approximate surface area is 86.9 Å². The average Bonchev–Trinajstić information content (AvgIpc) is 2.20. The number of alkyl halides is 2. The highest BCUT2D eigenvalue weighted by Gasteiger charge is 2.29. The Hall–Kier alpha value is -1.63. The molecule has 1 aromatic carbocycles. The number of hydrogen-bond donors (Lipinski definition) is 2. The molecule has 0 bridgehead atoms. The smallest absolute Gasteiger partial charge is 0.337 e. The Balaban J connectivity index is 3.43. The fourth-order valence-corrected chi connectivity index (χ4v) is 1.17. The molecule has 0 spiro atoms. The standard InChI is InChI=1S/C9H6F4O3/c10-4-2-1-3(8(12)13)5(6(4)11)7(14)9(15)16/h1-2,7-8,14H,(H,15,16). The van der Waals surface area contributed by atoms with Gasteiger partial charge in [0.2, 0.25) is 0 Å². The summed E-state index contributed by atoms with van der Waals surface area (Å²) in [5.74, 6) is -5.22. The van der Waals surface area contributed by atoms with Crippen LogP contribution in [0, 0.1) is 11.6 Å². The lowest BCUT2D eigenvalue weighted by atomic mass is 10.0. The summed E-state index contributed by atoms with van der Waals surface area (Å²) in [6.07, 6.45) is -5.74. The van der Waals surface area contributed by atoms with E-state index in [1.807, 2.05) is 0 Å². The zero-order valence-corrected chi connectivity index (χ0v) is 7.62. The summed E-state index contributed by atoms with van der Waals surface area (Å²) < 4.78 is 50.6. The molecular weight excluding hydrogens is 232 g/mol. The molecule has 1 atom stereocenters. The molecule has 0 fully saturated rings. The van der Waals surface area contributed by atoms with E-state index in [-0.39, 0.29) is 0 Å². The van der Waals surface area contributed by atoms with E-state index < -0.39 is 41.3 Å². The third kappa shape index (κ3) is 2.13. The van der Waals surface area contributed by atoms with Gasteiger partial charge in [-0.15, -0.1) is 0 Å². The van der Waals surface area contributed by atoms with Crippen LogP contribution in [0.1, 0.15) is 23.7 Å². The van der Waals surface area contributed by atoms with Crippen LogP contribution >= 0.6 is 0 Å². The summed E-state index contributed by atoms with van der Waals surface area (Å²) in [5.41, 5.74) is -2.30. The minimum Gasteiger partial charge on any atom is -0.479 e. The van der Waals surface area contributed by atoms with E-state index >= 15 is 0 Å². The summed E-state index contributed by atoms with van der Waals surface area (Å²) in [7, 11) is 0. The molecule has 3 nitrogen and oxygen atoms in total. The number of carboxylic acid groups (broad SMARTS) is 1. The van der Waals surface area contributed by atoms with Crippen LogP contribution in [0.4, 0.5) is 17.6 Å². The molecule has 7 heteroatoms. The zero-order valence-electron chi connectivity index (χ0n) is 7.62. The number of aliphatic carboxylic acids is 1. The summed E-state index contributed by atoms with van der Waals surface area (Å²) in [5, 5.41) is 17.4. The van der Waals surface area contributed by atoms with Crippen LogP contribution in [0.15, 0.2) is 12.1 Å². The SMILES string of the molecule is O=C(O)C(O)c1c(C(F)F)ccc(F)c1F. The van der Waals surface area contributed by atoms with Crippen molar-refractivity contribution in [2.45, 2.75) is 12.5 Å². The highest BCUT2D eigenvalue weighted by atomic mass is 19.3. The number of carboxylic acids is 1. The lowest BCUT2D eigenvalue weighted by Crippen LogP contribution is -2.16. The largest absolute Gasteiger partial charge is 0.479 e. The van der Waals surface area contributed by atoms with Gasteiger partial charge in [-0.3, -0.25) is 0 Å². The predicted octanol–water partition coefficient (Wildman–Crippen LogP) is 2.02. The number of carbonyl (C=O) groups is 1. The maximum absolute atomic E-state index is 13.1. The van der Waals surface area contributed by atoms with E-state index in [0.717, 1.165) is 0 Å². The molecule has 0 heterocycles. The summed E-state index contributed by atoms with van der Waals surface area (Å²) in [4.78, 5) is 10.4. The third-order valence-electron chi connectivity index (χ3n) is 1.91. The van der Waals surface area contributed by atoms with E-state index in [0.29, 0.717) is 12.1 Å². The Morgan fingerprint density at radius 2 is 1.81 bits per heavy atom. The second kappa shape index (κ2) is 4.48. The van der Waals surface area contributed by atoms with Crippen molar-refractivity contribution in [3.05, 3.63) is 34.9 Å². The van der Waals surface area contributed by atoms with Gasteiger partial charge in [-0.2, -0.15) is 0 Å². The first-order valence-corrected chi connectivity index (χ1v) is 4.03. The van der Waals surface area contributed by atoms with Gasteiger partial charge in [0.1, 0.15) is 0 Å². The summed E-state index contributed by atoms with van der Waals surface area (Å²) in [6.45, 7) is 0. The van der Waals surface area contributed by atoms with E-state index in [4.69, 9.17) is 10.2 Å². The first kappa shape index (κ1) is 12.4. The molecule has 88 valence electrons. The fourth-order valence-electron chi connectivity index (χ4n) is 1.17. The topological polar surface area (TPSA) is 57.5 Å². The van der Waals surface area contributed by atoms with Crippen LogP contribution in [-0.2, 0) is 4.79 Å². The zero-order chi connectivity index (χ0) is 12.5. The third-order valence-corrected chi connectivity index (χ3v) is 1.91. The molecule has 2 N–H and O–H groups in total. The quantitative estimate of drug-likeness (QED) is 0.792. The lowest BCUT2D eigenvalue weighted by molar-refractivity contribution is -0.147. The molecule has 0 aliphatic carbocycles. The lowest BCUT2D eigenvalue weighted by Gasteiger charge is -2.13. The van der Waals surface area contributed by atoms with Crippen molar-refractivity contribution in [1.29, 1.82) is 0 Å². The minimum absolute atomic E-state index is 0.439. The van der Waals surface area contributed by atoms with Gasteiger partial charge in [0.25, 0.3) is 6.43 Å². The molecule has 1 unspecified atom stereocenters. The summed E-state index contributed by atoms with van der Waals surface area (Å²) >= 11 is 0. The van der Waals surface area contributed by atoms with Gasteiger partial charge in [-0.1, -0.05) is 0 Å². The second-order valence-corrected chi connectivity index (χ2v) is 2.91. The molecule has 0 aromatic heterocycles. The normalized spacial score (nSPS) is 12.9. The van der Waals surface area contributed by atoms with Gasteiger partial charge in [-0.25, -0.2) is 22.4 Å². The van der Waals surface area contributed by atoms with Crippen molar-refractivity contribution < 1.29 is 32.6 Å². The van der Waals surface area contributed by atoms with Crippen LogP contribution in [0.5, 0.6) is 0 Å². The summed E-state index contributed by atoms with van der Waals surface area (Å²) in [6, 6.07) is 0.972. The predicted molar refractivity (Wildman–Crippen MR) is 43.9 cm³/mol. The maximum atomic E-state index is 13.1. The average molecular weight is 238 g/mol. The molecular formula is C9H6F4O3. The van der Waals surface area contributed by atoms with Crippen molar-refractivity contribution in [2.24, 2.45) is 0 Å². The van der Waals surface area contributed by atoms with Crippen LogP contribution < -0.4 is 0 Å². The van der Waals surface area contributed by atoms with Crippen molar-refractivity contribution >= 4 is 5.97 Å². The minimum atomic E-state index is -3.21. The van der Waals surface area contributed by atoms with Gasteiger partial charge < -0.3 is 10.2 Å². The van der Waals surface area contributed by atoms with Gasteiger partial charge in [0.15, 0.2) is 17.7 Å².